The number of carboxylic acid groups (broad SMARTS) is 1. The normalized spacial score (nSPS) is 10.4. The average molecular weight is 246 g/mol. The van der Waals surface area contributed by atoms with Crippen molar-refractivity contribution in [3.05, 3.63) is 30.5 Å². The van der Waals surface area contributed by atoms with Crippen LogP contribution in [0.3, 0.4) is 0 Å². The number of nitrogens with one attached hydrogen (secondary N) is 2. The van der Waals surface area contributed by atoms with Crippen LogP contribution in [-0.4, -0.2) is 22.0 Å². The molecule has 94 valence electrons. The molecule has 0 spiro atoms. The summed E-state index contributed by atoms with van der Waals surface area (Å²) in [6.45, 7) is 0. The Kier molecular flexibility index (Phi) is 3.62. The molecule has 0 fully saturated rings. The van der Waals surface area contributed by atoms with Gasteiger partial charge in [0.25, 0.3) is 0 Å². The number of anilines is 1. The van der Waals surface area contributed by atoms with Crippen molar-refractivity contribution in [2.24, 2.45) is 0 Å². The molecule has 1 heterocycles. The number of carboxylic acids is 1. The number of aromatic amines is 1. The van der Waals surface area contributed by atoms with E-state index in [2.05, 4.69) is 10.3 Å². The van der Waals surface area contributed by atoms with E-state index in [9.17, 15) is 9.59 Å². The van der Waals surface area contributed by atoms with Crippen LogP contribution >= 0.6 is 0 Å². The third-order valence-corrected chi connectivity index (χ3v) is 2.63. The van der Waals surface area contributed by atoms with Crippen LogP contribution in [0.1, 0.15) is 19.3 Å². The third-order valence-electron chi connectivity index (χ3n) is 2.63. The molecule has 2 aromatic rings. The number of fused-ring (bicyclic) bond motifs is 1. The fourth-order valence-corrected chi connectivity index (χ4v) is 1.75. The van der Waals surface area contributed by atoms with Gasteiger partial charge < -0.3 is 15.4 Å². The van der Waals surface area contributed by atoms with Gasteiger partial charge in [0.2, 0.25) is 5.91 Å². The third kappa shape index (κ3) is 3.10. The maximum atomic E-state index is 11.6. The zero-order valence-electron chi connectivity index (χ0n) is 9.77. The molecule has 5 nitrogen and oxygen atoms in total. The van der Waals surface area contributed by atoms with Crippen molar-refractivity contribution in [1.82, 2.24) is 4.98 Å². The van der Waals surface area contributed by atoms with Crippen molar-refractivity contribution in [3.63, 3.8) is 0 Å². The molecule has 0 saturated carbocycles. The molecule has 1 aromatic carbocycles. The first-order chi connectivity index (χ1) is 8.65. The summed E-state index contributed by atoms with van der Waals surface area (Å²) in [5, 5.41) is 12.3. The summed E-state index contributed by atoms with van der Waals surface area (Å²) in [5.41, 5.74) is 1.74. The lowest BCUT2D eigenvalue weighted by atomic mass is 10.2. The molecule has 18 heavy (non-hydrogen) atoms. The smallest absolute Gasteiger partial charge is 0.303 e. The van der Waals surface area contributed by atoms with E-state index in [1.165, 1.54) is 0 Å². The molecule has 0 bridgehead atoms. The van der Waals surface area contributed by atoms with E-state index in [4.69, 9.17) is 5.11 Å². The number of benzene rings is 1. The summed E-state index contributed by atoms with van der Waals surface area (Å²) in [7, 11) is 0. The molecule has 0 radical (unpaired) electrons. The maximum absolute atomic E-state index is 11.6. The quantitative estimate of drug-likeness (QED) is 0.757. The van der Waals surface area contributed by atoms with Gasteiger partial charge in [-0.3, -0.25) is 9.59 Å². The first kappa shape index (κ1) is 12.2. The van der Waals surface area contributed by atoms with Gasteiger partial charge in [-0.05, 0) is 30.7 Å². The van der Waals surface area contributed by atoms with Crippen LogP contribution in [0.2, 0.25) is 0 Å². The van der Waals surface area contributed by atoms with Crippen LogP contribution in [0.25, 0.3) is 10.9 Å². The Balaban J connectivity index is 1.91. The Morgan fingerprint density at radius 2 is 2.06 bits per heavy atom. The number of rotatable bonds is 5. The van der Waals surface area contributed by atoms with Crippen molar-refractivity contribution < 1.29 is 14.7 Å². The molecule has 5 heteroatoms. The van der Waals surface area contributed by atoms with Crippen LogP contribution in [0.4, 0.5) is 5.69 Å². The second-order valence-corrected chi connectivity index (χ2v) is 4.08. The summed E-state index contributed by atoms with van der Waals surface area (Å²) in [4.78, 5) is 24.9. The van der Waals surface area contributed by atoms with Crippen LogP contribution < -0.4 is 5.32 Å². The van der Waals surface area contributed by atoms with E-state index in [1.807, 2.05) is 30.5 Å². The van der Waals surface area contributed by atoms with Crippen LogP contribution in [-0.2, 0) is 9.59 Å². The highest BCUT2D eigenvalue weighted by atomic mass is 16.4. The highest BCUT2D eigenvalue weighted by Gasteiger charge is 2.05. The Bertz CT molecular complexity index is 574. The molecular formula is C13H14N2O3. The molecule has 0 saturated heterocycles. The van der Waals surface area contributed by atoms with Gasteiger partial charge in [0.05, 0.1) is 0 Å². The molecule has 0 atom stereocenters. The van der Waals surface area contributed by atoms with Gasteiger partial charge >= 0.3 is 5.97 Å². The molecular weight excluding hydrogens is 232 g/mol. The van der Waals surface area contributed by atoms with E-state index in [0.717, 1.165) is 16.6 Å². The van der Waals surface area contributed by atoms with E-state index < -0.39 is 5.97 Å². The second-order valence-electron chi connectivity index (χ2n) is 4.08. The Morgan fingerprint density at radius 3 is 2.83 bits per heavy atom. The lowest BCUT2D eigenvalue weighted by Crippen LogP contribution is -2.11. The number of hydrogen-bond acceptors (Lipinski definition) is 2. The van der Waals surface area contributed by atoms with Gasteiger partial charge in [0, 0.05) is 35.6 Å². The first-order valence-corrected chi connectivity index (χ1v) is 5.74. The predicted octanol–water partition coefficient (Wildman–Crippen LogP) is 2.36. The number of aromatic nitrogens is 1. The Morgan fingerprint density at radius 1 is 1.22 bits per heavy atom. The summed E-state index contributed by atoms with van der Waals surface area (Å²) >= 11 is 0. The van der Waals surface area contributed by atoms with Crippen molar-refractivity contribution in [2.75, 3.05) is 5.32 Å². The molecule has 0 aliphatic rings. The van der Waals surface area contributed by atoms with Crippen molar-refractivity contribution in [3.8, 4) is 0 Å². The van der Waals surface area contributed by atoms with Gasteiger partial charge in [-0.2, -0.15) is 0 Å². The highest BCUT2D eigenvalue weighted by molar-refractivity contribution is 5.93. The molecule has 3 N–H and O–H groups in total. The van der Waals surface area contributed by atoms with Crippen molar-refractivity contribution >= 4 is 28.5 Å². The summed E-state index contributed by atoms with van der Waals surface area (Å²) < 4.78 is 0. The number of H-pyrrole nitrogens is 1. The molecule has 1 amide bonds. The predicted molar refractivity (Wildman–Crippen MR) is 68.4 cm³/mol. The summed E-state index contributed by atoms with van der Waals surface area (Å²) in [6.07, 6.45) is 2.43. The summed E-state index contributed by atoms with van der Waals surface area (Å²) in [5.74, 6) is -1.04. The maximum Gasteiger partial charge on any atom is 0.303 e. The largest absolute Gasteiger partial charge is 0.481 e. The van der Waals surface area contributed by atoms with E-state index in [0.29, 0.717) is 6.42 Å². The monoisotopic (exact) mass is 246 g/mol. The Hall–Kier alpha value is -2.30. The Labute approximate surface area is 104 Å². The minimum absolute atomic E-state index is 0.0181. The minimum atomic E-state index is -0.878. The number of carbonyl (C=O) groups excluding carboxylic acids is 1. The summed E-state index contributed by atoms with van der Waals surface area (Å²) in [6, 6.07) is 7.51. The lowest BCUT2D eigenvalue weighted by Gasteiger charge is -2.04. The second kappa shape index (κ2) is 5.35. The topological polar surface area (TPSA) is 82.2 Å². The van der Waals surface area contributed by atoms with Gasteiger partial charge in [-0.25, -0.2) is 0 Å². The van der Waals surface area contributed by atoms with E-state index in [-0.39, 0.29) is 18.7 Å². The van der Waals surface area contributed by atoms with Crippen molar-refractivity contribution in [2.45, 2.75) is 19.3 Å². The van der Waals surface area contributed by atoms with Gasteiger partial charge in [0.1, 0.15) is 0 Å². The molecule has 0 aliphatic carbocycles. The zero-order valence-corrected chi connectivity index (χ0v) is 9.77. The highest BCUT2D eigenvalue weighted by Crippen LogP contribution is 2.18. The SMILES string of the molecule is O=C(O)CCCC(=O)Nc1ccc2[nH]ccc2c1. The molecule has 1 aromatic heterocycles. The zero-order chi connectivity index (χ0) is 13.0. The van der Waals surface area contributed by atoms with Gasteiger partial charge in [-0.15, -0.1) is 0 Å². The minimum Gasteiger partial charge on any atom is -0.481 e. The molecule has 2 rings (SSSR count). The molecule has 0 aliphatic heterocycles. The lowest BCUT2D eigenvalue weighted by molar-refractivity contribution is -0.137. The van der Waals surface area contributed by atoms with Crippen molar-refractivity contribution in [1.29, 1.82) is 0 Å². The molecule has 0 unspecified atom stereocenters. The van der Waals surface area contributed by atoms with E-state index in [1.54, 1.807) is 0 Å². The van der Waals surface area contributed by atoms with Crippen LogP contribution in [0.5, 0.6) is 0 Å². The first-order valence-electron chi connectivity index (χ1n) is 5.74. The number of hydrogen-bond donors (Lipinski definition) is 3. The van der Waals surface area contributed by atoms with Crippen LogP contribution in [0.15, 0.2) is 30.5 Å². The standard InChI is InChI=1S/C13H14N2O3/c16-12(2-1-3-13(17)18)15-10-4-5-11-9(8-10)6-7-14-11/h4-8,14H,1-3H2,(H,15,16)(H,17,18). The van der Waals surface area contributed by atoms with Gasteiger partial charge in [0.15, 0.2) is 0 Å². The van der Waals surface area contributed by atoms with Crippen LogP contribution in [0, 0.1) is 0 Å². The fraction of sp³-hybridized carbons (Fsp3) is 0.231. The average Bonchev–Trinajstić information content (AvgIpc) is 2.75. The van der Waals surface area contributed by atoms with E-state index >= 15 is 0 Å². The number of amides is 1. The number of carbonyl (C=O) groups is 2. The number of aliphatic carboxylic acids is 1. The van der Waals surface area contributed by atoms with Gasteiger partial charge in [-0.1, -0.05) is 0 Å². The fourth-order valence-electron chi connectivity index (χ4n) is 1.75.